The standard InChI is InChI=1S/C8H15F2N/c1-11-5-6-4-7(9)2-3-8(6)10/h6-8,11H,2-5H2,1H3. The lowest BCUT2D eigenvalue weighted by molar-refractivity contribution is 0.104. The van der Waals surface area contributed by atoms with E-state index in [1.165, 1.54) is 0 Å². The van der Waals surface area contributed by atoms with E-state index in [0.29, 0.717) is 25.8 Å². The minimum atomic E-state index is -0.797. The first-order chi connectivity index (χ1) is 5.24. The molecular weight excluding hydrogens is 148 g/mol. The van der Waals surface area contributed by atoms with E-state index in [1.54, 1.807) is 7.05 Å². The van der Waals surface area contributed by atoms with Gasteiger partial charge in [-0.15, -0.1) is 0 Å². The molecule has 1 saturated carbocycles. The molecule has 0 aromatic carbocycles. The van der Waals surface area contributed by atoms with Gasteiger partial charge in [0.1, 0.15) is 12.3 Å². The Morgan fingerprint density at radius 3 is 2.73 bits per heavy atom. The van der Waals surface area contributed by atoms with E-state index in [0.717, 1.165) is 0 Å². The summed E-state index contributed by atoms with van der Waals surface area (Å²) < 4.78 is 25.7. The Labute approximate surface area is 66.2 Å². The summed E-state index contributed by atoms with van der Waals surface area (Å²) in [6.45, 7) is 0.599. The van der Waals surface area contributed by atoms with Gasteiger partial charge in [-0.25, -0.2) is 8.78 Å². The van der Waals surface area contributed by atoms with Gasteiger partial charge in [-0.1, -0.05) is 0 Å². The zero-order chi connectivity index (χ0) is 8.27. The fraction of sp³-hybridized carbons (Fsp3) is 1.00. The van der Waals surface area contributed by atoms with Gasteiger partial charge in [-0.2, -0.15) is 0 Å². The van der Waals surface area contributed by atoms with Crippen LogP contribution >= 0.6 is 0 Å². The van der Waals surface area contributed by atoms with Gasteiger partial charge in [0.25, 0.3) is 0 Å². The van der Waals surface area contributed by atoms with Crippen LogP contribution in [-0.4, -0.2) is 25.9 Å². The number of hydrogen-bond donors (Lipinski definition) is 1. The van der Waals surface area contributed by atoms with Crippen molar-refractivity contribution in [3.8, 4) is 0 Å². The molecule has 1 rings (SSSR count). The van der Waals surface area contributed by atoms with Crippen molar-refractivity contribution in [3.05, 3.63) is 0 Å². The first-order valence-electron chi connectivity index (χ1n) is 4.16. The molecule has 3 heteroatoms. The smallest absolute Gasteiger partial charge is 0.104 e. The highest BCUT2D eigenvalue weighted by Crippen LogP contribution is 2.28. The highest BCUT2D eigenvalue weighted by molar-refractivity contribution is 4.80. The molecule has 0 saturated heterocycles. The Bertz CT molecular complexity index is 119. The van der Waals surface area contributed by atoms with Crippen molar-refractivity contribution >= 4 is 0 Å². The summed E-state index contributed by atoms with van der Waals surface area (Å²) in [5, 5.41) is 2.88. The maximum absolute atomic E-state index is 13.0. The van der Waals surface area contributed by atoms with E-state index in [9.17, 15) is 8.78 Å². The lowest BCUT2D eigenvalue weighted by Gasteiger charge is -2.27. The van der Waals surface area contributed by atoms with Crippen LogP contribution in [0.5, 0.6) is 0 Å². The lowest BCUT2D eigenvalue weighted by Crippen LogP contribution is -2.33. The van der Waals surface area contributed by atoms with Crippen molar-refractivity contribution in [3.63, 3.8) is 0 Å². The largest absolute Gasteiger partial charge is 0.319 e. The van der Waals surface area contributed by atoms with Crippen LogP contribution < -0.4 is 5.32 Å². The summed E-state index contributed by atoms with van der Waals surface area (Å²) in [4.78, 5) is 0. The average molecular weight is 163 g/mol. The van der Waals surface area contributed by atoms with Gasteiger partial charge in [0.15, 0.2) is 0 Å². The van der Waals surface area contributed by atoms with Crippen LogP contribution in [0.25, 0.3) is 0 Å². The molecule has 1 fully saturated rings. The Morgan fingerprint density at radius 2 is 2.09 bits per heavy atom. The molecule has 11 heavy (non-hydrogen) atoms. The van der Waals surface area contributed by atoms with Gasteiger partial charge >= 0.3 is 0 Å². The van der Waals surface area contributed by atoms with Gasteiger partial charge in [-0.3, -0.25) is 0 Å². The third kappa shape index (κ3) is 2.40. The molecule has 1 nitrogen and oxygen atoms in total. The molecule has 0 bridgehead atoms. The zero-order valence-electron chi connectivity index (χ0n) is 6.82. The van der Waals surface area contributed by atoms with Gasteiger partial charge in [0.05, 0.1) is 0 Å². The molecular formula is C8H15F2N. The van der Waals surface area contributed by atoms with Gasteiger partial charge in [-0.05, 0) is 26.3 Å². The van der Waals surface area contributed by atoms with Crippen LogP contribution in [0.15, 0.2) is 0 Å². The molecule has 3 atom stereocenters. The molecule has 66 valence electrons. The van der Waals surface area contributed by atoms with E-state index in [4.69, 9.17) is 0 Å². The molecule has 0 amide bonds. The molecule has 1 aliphatic rings. The molecule has 0 heterocycles. The number of nitrogens with one attached hydrogen (secondary N) is 1. The number of alkyl halides is 2. The van der Waals surface area contributed by atoms with Crippen LogP contribution in [0, 0.1) is 5.92 Å². The second kappa shape index (κ2) is 4.00. The SMILES string of the molecule is CNCC1CC(F)CCC1F. The van der Waals surface area contributed by atoms with E-state index in [2.05, 4.69) is 5.32 Å². The number of halogens is 2. The molecule has 0 radical (unpaired) electrons. The molecule has 0 aromatic rings. The molecule has 0 aromatic heterocycles. The molecule has 0 aliphatic heterocycles. The fourth-order valence-corrected chi connectivity index (χ4v) is 1.64. The highest BCUT2D eigenvalue weighted by Gasteiger charge is 2.29. The molecule has 1 aliphatic carbocycles. The van der Waals surface area contributed by atoms with Crippen molar-refractivity contribution < 1.29 is 8.78 Å². The van der Waals surface area contributed by atoms with Crippen LogP contribution in [0.4, 0.5) is 8.78 Å². The molecule has 3 unspecified atom stereocenters. The molecule has 1 N–H and O–H groups in total. The Hall–Kier alpha value is -0.180. The summed E-state index contributed by atoms with van der Waals surface area (Å²) in [5.74, 6) is -0.108. The van der Waals surface area contributed by atoms with Crippen molar-refractivity contribution in [2.75, 3.05) is 13.6 Å². The number of rotatable bonds is 2. The molecule has 0 spiro atoms. The Kier molecular flexibility index (Phi) is 3.24. The topological polar surface area (TPSA) is 12.0 Å². The third-order valence-electron chi connectivity index (χ3n) is 2.29. The van der Waals surface area contributed by atoms with E-state index < -0.39 is 12.3 Å². The van der Waals surface area contributed by atoms with Crippen molar-refractivity contribution in [2.45, 2.75) is 31.6 Å². The Morgan fingerprint density at radius 1 is 1.36 bits per heavy atom. The summed E-state index contributed by atoms with van der Waals surface area (Å²) in [6.07, 6.45) is -0.383. The van der Waals surface area contributed by atoms with Crippen LogP contribution in [0.1, 0.15) is 19.3 Å². The van der Waals surface area contributed by atoms with E-state index in [1.807, 2.05) is 0 Å². The first-order valence-corrected chi connectivity index (χ1v) is 4.16. The fourth-order valence-electron chi connectivity index (χ4n) is 1.64. The number of hydrogen-bond acceptors (Lipinski definition) is 1. The summed E-state index contributed by atoms with van der Waals surface area (Å²) in [5.41, 5.74) is 0. The lowest BCUT2D eigenvalue weighted by atomic mass is 9.86. The van der Waals surface area contributed by atoms with Crippen LogP contribution in [0.2, 0.25) is 0 Å². The second-order valence-electron chi connectivity index (χ2n) is 3.24. The van der Waals surface area contributed by atoms with Gasteiger partial charge in [0, 0.05) is 12.5 Å². The van der Waals surface area contributed by atoms with Crippen molar-refractivity contribution in [1.82, 2.24) is 5.32 Å². The minimum Gasteiger partial charge on any atom is -0.319 e. The third-order valence-corrected chi connectivity index (χ3v) is 2.29. The van der Waals surface area contributed by atoms with Crippen LogP contribution in [-0.2, 0) is 0 Å². The average Bonchev–Trinajstić information content (AvgIpc) is 1.98. The van der Waals surface area contributed by atoms with Crippen molar-refractivity contribution in [1.29, 1.82) is 0 Å². The maximum Gasteiger partial charge on any atom is 0.104 e. The van der Waals surface area contributed by atoms with Crippen molar-refractivity contribution in [2.24, 2.45) is 5.92 Å². The minimum absolute atomic E-state index is 0.108. The Balaban J connectivity index is 2.34. The quantitative estimate of drug-likeness (QED) is 0.653. The highest BCUT2D eigenvalue weighted by atomic mass is 19.1. The van der Waals surface area contributed by atoms with Crippen LogP contribution in [0.3, 0.4) is 0 Å². The first kappa shape index (κ1) is 8.91. The zero-order valence-corrected chi connectivity index (χ0v) is 6.82. The summed E-state index contributed by atoms with van der Waals surface area (Å²) >= 11 is 0. The monoisotopic (exact) mass is 163 g/mol. The maximum atomic E-state index is 13.0. The van der Waals surface area contributed by atoms with Gasteiger partial charge < -0.3 is 5.32 Å². The second-order valence-corrected chi connectivity index (χ2v) is 3.24. The van der Waals surface area contributed by atoms with E-state index >= 15 is 0 Å². The summed E-state index contributed by atoms with van der Waals surface area (Å²) in [7, 11) is 1.77. The normalized spacial score (nSPS) is 39.0. The predicted molar refractivity (Wildman–Crippen MR) is 41.1 cm³/mol. The van der Waals surface area contributed by atoms with Gasteiger partial charge in [0.2, 0.25) is 0 Å². The predicted octanol–water partition coefficient (Wildman–Crippen LogP) is 1.68. The van der Waals surface area contributed by atoms with E-state index in [-0.39, 0.29) is 5.92 Å². The summed E-state index contributed by atoms with van der Waals surface area (Å²) in [6, 6.07) is 0.